The van der Waals surface area contributed by atoms with Crippen LogP contribution in [0.3, 0.4) is 0 Å². The van der Waals surface area contributed by atoms with Crippen LogP contribution in [0.15, 0.2) is 53.4 Å². The fraction of sp³-hybridized carbons (Fsp3) is 0.333. The largest absolute Gasteiger partial charge is 0.324 e. The molecule has 1 heterocycles. The number of hydrogen-bond acceptors (Lipinski definition) is 4. The van der Waals surface area contributed by atoms with Crippen LogP contribution in [0, 0.1) is 6.92 Å². The van der Waals surface area contributed by atoms with E-state index >= 15 is 0 Å². The molecule has 7 heteroatoms. The van der Waals surface area contributed by atoms with Crippen molar-refractivity contribution in [3.63, 3.8) is 0 Å². The van der Waals surface area contributed by atoms with Crippen molar-refractivity contribution < 1.29 is 18.0 Å². The van der Waals surface area contributed by atoms with Crippen molar-refractivity contribution in [2.75, 3.05) is 5.32 Å². The lowest BCUT2D eigenvalue weighted by molar-refractivity contribution is -0.128. The second kappa shape index (κ2) is 7.75. The predicted molar refractivity (Wildman–Crippen MR) is 107 cm³/mol. The maximum Gasteiger partial charge on any atom is 0.267 e. The van der Waals surface area contributed by atoms with Crippen molar-refractivity contribution in [1.82, 2.24) is 4.31 Å². The first-order valence-electron chi connectivity index (χ1n) is 9.25. The SMILES string of the molecule is Cc1ccc(S(=O)(=O)N2C(=O)CC[C@H]2C(=O)Nc2ccc(C(C)C)cc2)cc1. The summed E-state index contributed by atoms with van der Waals surface area (Å²) in [5.74, 6) is -0.693. The summed E-state index contributed by atoms with van der Waals surface area (Å²) in [5.41, 5.74) is 2.62. The molecule has 2 amide bonds. The van der Waals surface area contributed by atoms with Crippen LogP contribution < -0.4 is 5.32 Å². The summed E-state index contributed by atoms with van der Waals surface area (Å²) in [6.45, 7) is 6.00. The van der Waals surface area contributed by atoms with Gasteiger partial charge in [0.1, 0.15) is 6.04 Å². The quantitative estimate of drug-likeness (QED) is 0.833. The summed E-state index contributed by atoms with van der Waals surface area (Å²) < 4.78 is 26.7. The second-order valence-corrected chi connectivity index (χ2v) is 9.14. The fourth-order valence-electron chi connectivity index (χ4n) is 3.20. The Morgan fingerprint density at radius 1 is 1.07 bits per heavy atom. The summed E-state index contributed by atoms with van der Waals surface area (Å²) >= 11 is 0. The van der Waals surface area contributed by atoms with Gasteiger partial charge >= 0.3 is 0 Å². The third-order valence-corrected chi connectivity index (χ3v) is 6.73. The van der Waals surface area contributed by atoms with E-state index in [1.807, 2.05) is 19.1 Å². The van der Waals surface area contributed by atoms with Gasteiger partial charge in [0, 0.05) is 12.1 Å². The van der Waals surface area contributed by atoms with Gasteiger partial charge in [0.2, 0.25) is 11.8 Å². The normalized spacial score (nSPS) is 17.2. The Labute approximate surface area is 165 Å². The lowest BCUT2D eigenvalue weighted by atomic mass is 10.0. The van der Waals surface area contributed by atoms with Crippen LogP contribution in [0.4, 0.5) is 5.69 Å². The number of hydrogen-bond donors (Lipinski definition) is 1. The molecule has 28 heavy (non-hydrogen) atoms. The number of carbonyl (C=O) groups is 2. The van der Waals surface area contributed by atoms with Crippen LogP contribution in [0.5, 0.6) is 0 Å². The van der Waals surface area contributed by atoms with E-state index in [4.69, 9.17) is 0 Å². The van der Waals surface area contributed by atoms with Crippen LogP contribution in [0.1, 0.15) is 43.7 Å². The first-order chi connectivity index (χ1) is 13.2. The summed E-state index contributed by atoms with van der Waals surface area (Å²) in [4.78, 5) is 25.1. The Kier molecular flexibility index (Phi) is 5.56. The molecule has 1 fully saturated rings. The average Bonchev–Trinajstić information content (AvgIpc) is 3.05. The smallest absolute Gasteiger partial charge is 0.267 e. The van der Waals surface area contributed by atoms with Crippen LogP contribution in [0.2, 0.25) is 0 Å². The Balaban J connectivity index is 1.83. The second-order valence-electron chi connectivity index (χ2n) is 7.33. The van der Waals surface area contributed by atoms with E-state index in [1.165, 1.54) is 12.1 Å². The number of benzene rings is 2. The van der Waals surface area contributed by atoms with Gasteiger partial charge in [-0.1, -0.05) is 43.7 Å². The van der Waals surface area contributed by atoms with Crippen molar-refractivity contribution in [2.45, 2.75) is 50.5 Å². The summed E-state index contributed by atoms with van der Waals surface area (Å²) in [7, 11) is -4.09. The van der Waals surface area contributed by atoms with Gasteiger partial charge < -0.3 is 5.32 Å². The molecule has 1 saturated heterocycles. The Morgan fingerprint density at radius 3 is 2.25 bits per heavy atom. The van der Waals surface area contributed by atoms with Crippen molar-refractivity contribution in [3.8, 4) is 0 Å². The van der Waals surface area contributed by atoms with Gasteiger partial charge in [0.05, 0.1) is 4.90 Å². The minimum absolute atomic E-state index is 0.00689. The molecule has 148 valence electrons. The van der Waals surface area contributed by atoms with Crippen LogP contribution in [-0.2, 0) is 19.6 Å². The molecule has 2 aromatic carbocycles. The molecule has 6 nitrogen and oxygen atoms in total. The molecular formula is C21H24N2O4S. The number of rotatable bonds is 5. The summed E-state index contributed by atoms with van der Waals surface area (Å²) in [6, 6.07) is 12.6. The lowest BCUT2D eigenvalue weighted by Gasteiger charge is -2.24. The molecule has 2 aromatic rings. The summed E-state index contributed by atoms with van der Waals surface area (Å²) in [5, 5.41) is 2.74. The molecule has 0 spiro atoms. The molecule has 1 aliphatic rings. The molecule has 0 bridgehead atoms. The molecule has 3 rings (SSSR count). The number of nitrogens with zero attached hydrogens (tertiary/aromatic N) is 1. The van der Waals surface area contributed by atoms with Crippen molar-refractivity contribution in [2.24, 2.45) is 0 Å². The van der Waals surface area contributed by atoms with Crippen LogP contribution in [0.25, 0.3) is 0 Å². The zero-order chi connectivity index (χ0) is 20.5. The minimum atomic E-state index is -4.09. The topological polar surface area (TPSA) is 83.6 Å². The molecule has 0 unspecified atom stereocenters. The van der Waals surface area contributed by atoms with E-state index in [1.54, 1.807) is 24.3 Å². The first-order valence-corrected chi connectivity index (χ1v) is 10.7. The fourth-order valence-corrected chi connectivity index (χ4v) is 4.80. The Bertz CT molecular complexity index is 980. The zero-order valence-electron chi connectivity index (χ0n) is 16.2. The third-order valence-electron chi connectivity index (χ3n) is 4.89. The number of aryl methyl sites for hydroxylation is 1. The number of anilines is 1. The number of sulfonamides is 1. The van der Waals surface area contributed by atoms with Crippen molar-refractivity contribution in [1.29, 1.82) is 0 Å². The molecule has 0 aromatic heterocycles. The van der Waals surface area contributed by atoms with Gasteiger partial charge in [-0.3, -0.25) is 9.59 Å². The Morgan fingerprint density at radius 2 is 1.68 bits per heavy atom. The average molecular weight is 401 g/mol. The number of amides is 2. The predicted octanol–water partition coefficient (Wildman–Crippen LogP) is 3.44. The first kappa shape index (κ1) is 20.1. The van der Waals surface area contributed by atoms with E-state index in [0.717, 1.165) is 15.4 Å². The van der Waals surface area contributed by atoms with Gasteiger partial charge in [-0.25, -0.2) is 12.7 Å². The van der Waals surface area contributed by atoms with Crippen LogP contribution >= 0.6 is 0 Å². The van der Waals surface area contributed by atoms with Gasteiger partial charge in [0.25, 0.3) is 10.0 Å². The highest BCUT2D eigenvalue weighted by atomic mass is 32.2. The maximum atomic E-state index is 13.0. The molecule has 0 aliphatic carbocycles. The Hall–Kier alpha value is -2.67. The van der Waals surface area contributed by atoms with Gasteiger partial charge in [0.15, 0.2) is 0 Å². The third kappa shape index (κ3) is 3.94. The standard InChI is InChI=1S/C21H24N2O4S/c1-14(2)16-6-8-17(9-7-16)22-21(25)19-12-13-20(24)23(19)28(26,27)18-10-4-15(3)5-11-18/h4-11,14,19H,12-13H2,1-3H3,(H,22,25)/t19-/m0/s1. The molecule has 1 aliphatic heterocycles. The zero-order valence-corrected chi connectivity index (χ0v) is 17.0. The highest BCUT2D eigenvalue weighted by Crippen LogP contribution is 2.28. The number of nitrogens with one attached hydrogen (secondary N) is 1. The van der Waals surface area contributed by atoms with E-state index in [2.05, 4.69) is 19.2 Å². The molecule has 0 radical (unpaired) electrons. The molecule has 1 N–H and O–H groups in total. The van der Waals surface area contributed by atoms with Gasteiger partial charge in [-0.05, 0) is 49.1 Å². The van der Waals surface area contributed by atoms with Crippen molar-refractivity contribution >= 4 is 27.5 Å². The van der Waals surface area contributed by atoms with E-state index in [9.17, 15) is 18.0 Å². The highest BCUT2D eigenvalue weighted by molar-refractivity contribution is 7.89. The van der Waals surface area contributed by atoms with Gasteiger partial charge in [-0.15, -0.1) is 0 Å². The maximum absolute atomic E-state index is 13.0. The molecular weight excluding hydrogens is 376 g/mol. The summed E-state index contributed by atoms with van der Waals surface area (Å²) in [6.07, 6.45) is 0.190. The number of carbonyl (C=O) groups excluding carboxylic acids is 2. The molecule has 1 atom stereocenters. The van der Waals surface area contributed by atoms with E-state index < -0.39 is 27.9 Å². The monoisotopic (exact) mass is 400 g/mol. The molecule has 0 saturated carbocycles. The van der Waals surface area contributed by atoms with E-state index in [0.29, 0.717) is 11.6 Å². The van der Waals surface area contributed by atoms with Crippen LogP contribution in [-0.4, -0.2) is 30.6 Å². The van der Waals surface area contributed by atoms with Gasteiger partial charge in [-0.2, -0.15) is 0 Å². The lowest BCUT2D eigenvalue weighted by Crippen LogP contribution is -2.45. The van der Waals surface area contributed by atoms with E-state index in [-0.39, 0.29) is 17.7 Å². The highest BCUT2D eigenvalue weighted by Gasteiger charge is 2.44. The van der Waals surface area contributed by atoms with Crippen molar-refractivity contribution in [3.05, 3.63) is 59.7 Å². The minimum Gasteiger partial charge on any atom is -0.324 e.